The molecule has 1 amide bonds. The zero-order chi connectivity index (χ0) is 22.0. The van der Waals surface area contributed by atoms with Gasteiger partial charge >= 0.3 is 5.97 Å². The summed E-state index contributed by atoms with van der Waals surface area (Å²) in [6.45, 7) is 7.21. The minimum atomic E-state index is -0.346. The molecule has 0 radical (unpaired) electrons. The quantitative estimate of drug-likeness (QED) is 0.489. The van der Waals surface area contributed by atoms with E-state index in [9.17, 15) is 9.59 Å². The summed E-state index contributed by atoms with van der Waals surface area (Å²) < 4.78 is 9.31. The summed E-state index contributed by atoms with van der Waals surface area (Å²) in [5.41, 5.74) is 4.92. The molecule has 0 aliphatic heterocycles. The smallest absolute Gasteiger partial charge is 0.338 e. The Labute approximate surface area is 182 Å². The third kappa shape index (κ3) is 4.07. The fourth-order valence-electron chi connectivity index (χ4n) is 4.69. The molecule has 0 bridgehead atoms. The molecule has 1 aliphatic rings. The maximum absolute atomic E-state index is 13.1. The van der Waals surface area contributed by atoms with Crippen LogP contribution in [0.15, 0.2) is 42.5 Å². The van der Waals surface area contributed by atoms with Crippen LogP contribution in [0.5, 0.6) is 0 Å². The van der Waals surface area contributed by atoms with Gasteiger partial charge in [0.25, 0.3) is 11.7 Å². The molecular weight excluding hydrogens is 390 g/mol. The van der Waals surface area contributed by atoms with E-state index in [1.54, 1.807) is 13.0 Å². The van der Waals surface area contributed by atoms with Gasteiger partial charge < -0.3 is 10.1 Å². The number of carbonyl (C=O) groups excluding carboxylic acids is 2. The van der Waals surface area contributed by atoms with Gasteiger partial charge in [-0.25, -0.2) is 13.9 Å². The third-order valence-electron chi connectivity index (χ3n) is 6.17. The van der Waals surface area contributed by atoms with Crippen LogP contribution in [0.25, 0.3) is 11.0 Å². The van der Waals surface area contributed by atoms with E-state index in [1.165, 1.54) is 11.1 Å². The number of aromatic nitrogens is 2. The molecule has 4 rings (SSSR count). The second kappa shape index (κ2) is 8.92. The second-order valence-corrected chi connectivity index (χ2v) is 8.01. The van der Waals surface area contributed by atoms with E-state index in [1.807, 2.05) is 29.7 Å². The molecule has 2 aromatic carbocycles. The van der Waals surface area contributed by atoms with Gasteiger partial charge in [0.15, 0.2) is 17.6 Å². The molecule has 1 N–H and O–H groups in total. The Morgan fingerprint density at radius 2 is 2.00 bits per heavy atom. The predicted octanol–water partition coefficient (Wildman–Crippen LogP) is 3.63. The van der Waals surface area contributed by atoms with Crippen LogP contribution in [-0.2, 0) is 29.0 Å². The van der Waals surface area contributed by atoms with Crippen molar-refractivity contribution in [1.29, 1.82) is 0 Å². The van der Waals surface area contributed by atoms with E-state index in [0.29, 0.717) is 12.2 Å². The number of imidazole rings is 1. The number of hydrogen-bond acceptors (Lipinski definition) is 3. The number of fused-ring (bicyclic) bond motifs is 2. The van der Waals surface area contributed by atoms with Crippen LogP contribution < -0.4 is 9.88 Å². The lowest BCUT2D eigenvalue weighted by molar-refractivity contribution is -0.674. The molecule has 1 atom stereocenters. The van der Waals surface area contributed by atoms with Crippen molar-refractivity contribution in [1.82, 2.24) is 9.88 Å². The summed E-state index contributed by atoms with van der Waals surface area (Å²) in [4.78, 5) is 25.3. The van der Waals surface area contributed by atoms with E-state index in [4.69, 9.17) is 4.74 Å². The van der Waals surface area contributed by atoms with Crippen LogP contribution in [-0.4, -0.2) is 23.1 Å². The van der Waals surface area contributed by atoms with Crippen LogP contribution in [0.4, 0.5) is 0 Å². The Kier molecular flexibility index (Phi) is 6.07. The van der Waals surface area contributed by atoms with Gasteiger partial charge in [-0.2, -0.15) is 0 Å². The molecule has 6 nitrogen and oxygen atoms in total. The first-order valence-electron chi connectivity index (χ1n) is 11.1. The number of nitrogens with one attached hydrogen (secondary N) is 1. The van der Waals surface area contributed by atoms with Crippen LogP contribution >= 0.6 is 0 Å². The van der Waals surface area contributed by atoms with E-state index < -0.39 is 0 Å². The summed E-state index contributed by atoms with van der Waals surface area (Å²) in [5, 5.41) is 3.24. The normalized spacial score (nSPS) is 15.5. The average Bonchev–Trinajstić information content (AvgIpc) is 3.04. The maximum Gasteiger partial charge on any atom is 0.338 e. The SMILES string of the molecule is CCOC(=O)c1ccc2c(c1)n(CC(=O)N[C@@H]1CCCc3ccccc31)c(C)[n+]2CC. The number of esters is 1. The predicted molar refractivity (Wildman–Crippen MR) is 119 cm³/mol. The molecule has 3 aromatic rings. The summed E-state index contributed by atoms with van der Waals surface area (Å²) >= 11 is 0. The van der Waals surface area contributed by atoms with Gasteiger partial charge in [0.05, 0.1) is 24.8 Å². The number of carbonyl (C=O) groups is 2. The van der Waals surface area contributed by atoms with Crippen molar-refractivity contribution >= 4 is 22.9 Å². The highest BCUT2D eigenvalue weighted by Gasteiger charge is 2.26. The van der Waals surface area contributed by atoms with Crippen LogP contribution in [0, 0.1) is 6.92 Å². The Hall–Kier alpha value is -3.15. The van der Waals surface area contributed by atoms with Crippen molar-refractivity contribution in [2.24, 2.45) is 0 Å². The van der Waals surface area contributed by atoms with Crippen LogP contribution in [0.3, 0.4) is 0 Å². The average molecular weight is 421 g/mol. The molecule has 0 unspecified atom stereocenters. The molecule has 6 heteroatoms. The number of hydrogen-bond donors (Lipinski definition) is 1. The Morgan fingerprint density at radius 1 is 1.19 bits per heavy atom. The topological polar surface area (TPSA) is 64.2 Å². The largest absolute Gasteiger partial charge is 0.462 e. The highest BCUT2D eigenvalue weighted by atomic mass is 16.5. The van der Waals surface area contributed by atoms with Gasteiger partial charge in [-0.15, -0.1) is 0 Å². The first kappa shape index (κ1) is 21.1. The maximum atomic E-state index is 13.1. The van der Waals surface area contributed by atoms with Gasteiger partial charge in [0.1, 0.15) is 0 Å². The molecule has 162 valence electrons. The fourth-order valence-corrected chi connectivity index (χ4v) is 4.69. The van der Waals surface area contributed by atoms with E-state index >= 15 is 0 Å². The number of aryl methyl sites for hydroxylation is 2. The number of benzene rings is 2. The minimum Gasteiger partial charge on any atom is -0.462 e. The van der Waals surface area contributed by atoms with E-state index in [2.05, 4.69) is 35.0 Å². The minimum absolute atomic E-state index is 0.0218. The van der Waals surface area contributed by atoms with Gasteiger partial charge in [-0.3, -0.25) is 4.79 Å². The van der Waals surface area contributed by atoms with Crippen LogP contribution in [0.1, 0.15) is 60.0 Å². The zero-order valence-electron chi connectivity index (χ0n) is 18.5. The molecule has 0 spiro atoms. The van der Waals surface area contributed by atoms with Crippen molar-refractivity contribution in [3.8, 4) is 0 Å². The lowest BCUT2D eigenvalue weighted by Crippen LogP contribution is -2.37. The van der Waals surface area contributed by atoms with Crippen molar-refractivity contribution in [3.63, 3.8) is 0 Å². The standard InChI is InChI=1S/C25H29N3O3/c1-4-27-17(3)28(23-15-19(13-14-22(23)27)25(30)31-5-2)16-24(29)26-21-12-8-10-18-9-6-7-11-20(18)21/h6-7,9,11,13-15,21H,4-5,8,10,12,16H2,1-3H3/p+1/t21-/m1/s1. The molecular formula is C25H30N3O3+. The zero-order valence-corrected chi connectivity index (χ0v) is 18.5. The lowest BCUT2D eigenvalue weighted by atomic mass is 9.88. The summed E-state index contributed by atoms with van der Waals surface area (Å²) in [6.07, 6.45) is 3.10. The molecule has 1 heterocycles. The Bertz CT molecular complexity index is 1130. The molecule has 1 aromatic heterocycles. The first-order chi connectivity index (χ1) is 15.0. The number of ether oxygens (including phenoxy) is 1. The van der Waals surface area contributed by atoms with Crippen molar-refractivity contribution in [2.45, 2.75) is 59.2 Å². The molecule has 0 saturated carbocycles. The number of nitrogens with zero attached hydrogens (tertiary/aromatic N) is 2. The summed E-state index contributed by atoms with van der Waals surface area (Å²) in [5.74, 6) is 0.616. The van der Waals surface area contributed by atoms with Crippen LogP contribution in [0.2, 0.25) is 0 Å². The van der Waals surface area contributed by atoms with Crippen molar-refractivity contribution in [2.75, 3.05) is 6.61 Å². The number of amides is 1. The highest BCUT2D eigenvalue weighted by Crippen LogP contribution is 2.29. The van der Waals surface area contributed by atoms with Gasteiger partial charge in [-0.1, -0.05) is 24.3 Å². The lowest BCUT2D eigenvalue weighted by Gasteiger charge is -2.26. The summed E-state index contributed by atoms with van der Waals surface area (Å²) in [7, 11) is 0. The van der Waals surface area contributed by atoms with Crippen molar-refractivity contribution in [3.05, 3.63) is 65.0 Å². The first-order valence-corrected chi connectivity index (χ1v) is 11.1. The third-order valence-corrected chi connectivity index (χ3v) is 6.17. The molecule has 0 fully saturated rings. The number of rotatable bonds is 6. The van der Waals surface area contributed by atoms with Gasteiger partial charge in [0.2, 0.25) is 0 Å². The molecule has 1 aliphatic carbocycles. The second-order valence-electron chi connectivity index (χ2n) is 8.01. The molecule has 0 saturated heterocycles. The summed E-state index contributed by atoms with van der Waals surface area (Å²) in [6, 6.07) is 14.0. The van der Waals surface area contributed by atoms with E-state index in [0.717, 1.165) is 42.7 Å². The molecule has 31 heavy (non-hydrogen) atoms. The Morgan fingerprint density at radius 3 is 2.77 bits per heavy atom. The fraction of sp³-hybridized carbons (Fsp3) is 0.400. The van der Waals surface area contributed by atoms with Gasteiger partial charge in [0, 0.05) is 13.0 Å². The van der Waals surface area contributed by atoms with Gasteiger partial charge in [-0.05, 0) is 56.4 Å². The Balaban J connectivity index is 1.63. The van der Waals surface area contributed by atoms with Crippen molar-refractivity contribution < 1.29 is 18.9 Å². The highest BCUT2D eigenvalue weighted by molar-refractivity contribution is 5.93. The van der Waals surface area contributed by atoms with E-state index in [-0.39, 0.29) is 24.5 Å². The monoisotopic (exact) mass is 420 g/mol.